The number of amides is 2. The highest BCUT2D eigenvalue weighted by Crippen LogP contribution is 2.41. The average Bonchev–Trinajstić information content (AvgIpc) is 3.58. The summed E-state index contributed by atoms with van der Waals surface area (Å²) >= 11 is 0. The summed E-state index contributed by atoms with van der Waals surface area (Å²) in [5, 5.41) is 15.0. The quantitative estimate of drug-likeness (QED) is 0.197. The third-order valence-corrected chi connectivity index (χ3v) is 10.1. The lowest BCUT2D eigenvalue weighted by Crippen LogP contribution is -2.35. The number of nitrogens with one attached hydrogen (secondary N) is 3. The molecule has 1 saturated heterocycles. The number of fused-ring (bicyclic) bond motifs is 2. The van der Waals surface area contributed by atoms with Gasteiger partial charge in [-0.2, -0.15) is 0 Å². The summed E-state index contributed by atoms with van der Waals surface area (Å²) in [4.78, 5) is 15.9. The molecule has 0 spiro atoms. The highest BCUT2D eigenvalue weighted by Gasteiger charge is 2.33. The van der Waals surface area contributed by atoms with Gasteiger partial charge in [-0.25, -0.2) is 13.2 Å². The highest BCUT2D eigenvalue weighted by atomic mass is 32.2. The molecule has 4 atom stereocenters. The van der Waals surface area contributed by atoms with Crippen LogP contribution in [0.15, 0.2) is 54.7 Å². The maximum atomic E-state index is 13.5. The molecule has 4 aromatic rings. The number of urea groups is 1. The van der Waals surface area contributed by atoms with Gasteiger partial charge >= 0.3 is 6.03 Å². The first-order valence-electron chi connectivity index (χ1n) is 16.3. The first-order valence-corrected chi connectivity index (χ1v) is 18.2. The zero-order valence-electron chi connectivity index (χ0n) is 28.6. The molecule has 1 aliphatic heterocycles. The smallest absolute Gasteiger partial charge is 0.319 e. The topological polar surface area (TPSA) is 139 Å². The van der Waals surface area contributed by atoms with Crippen molar-refractivity contribution in [3.05, 3.63) is 77.2 Å². The lowest BCUT2D eigenvalue weighted by atomic mass is 9.85. The average molecular weight is 676 g/mol. The molecule has 1 fully saturated rings. The second-order valence-electron chi connectivity index (χ2n) is 14.0. The first kappa shape index (κ1) is 33.5. The van der Waals surface area contributed by atoms with E-state index in [4.69, 9.17) is 9.47 Å². The summed E-state index contributed by atoms with van der Waals surface area (Å²) in [5.41, 5.74) is 3.90. The van der Waals surface area contributed by atoms with E-state index in [1.165, 1.54) is 7.11 Å². The Bertz CT molecular complexity index is 1940. The van der Waals surface area contributed by atoms with Crippen molar-refractivity contribution in [2.24, 2.45) is 0 Å². The molecule has 2 aliphatic rings. The van der Waals surface area contributed by atoms with Crippen molar-refractivity contribution in [1.29, 1.82) is 0 Å². The van der Waals surface area contributed by atoms with Gasteiger partial charge in [-0.15, -0.1) is 10.2 Å². The maximum absolute atomic E-state index is 13.5. The normalized spacial score (nSPS) is 21.5. The molecule has 6 rings (SSSR count). The van der Waals surface area contributed by atoms with Gasteiger partial charge in [0.1, 0.15) is 11.9 Å². The van der Waals surface area contributed by atoms with Gasteiger partial charge in [-0.1, -0.05) is 45.0 Å². The summed E-state index contributed by atoms with van der Waals surface area (Å²) in [5.74, 6) is 1.87. The van der Waals surface area contributed by atoms with Gasteiger partial charge in [0.2, 0.25) is 10.0 Å². The number of anilines is 2. The molecule has 48 heavy (non-hydrogen) atoms. The Balaban J connectivity index is 1.21. The minimum Gasteiger partial charge on any atom is -0.492 e. The van der Waals surface area contributed by atoms with Gasteiger partial charge in [0.05, 0.1) is 43.0 Å². The van der Waals surface area contributed by atoms with Crippen molar-refractivity contribution < 1.29 is 22.7 Å². The molecule has 0 bridgehead atoms. The standard InChI is InChI=1S/C35H45N7O5S/c1-21-12-15-29(41(21)5)33-39-38-31-17-13-23(20-42(31)33)47-30-16-14-26(24-10-8-9-11-25(24)30)36-34(43)37-27-18-22(35(2,3)4)19-28(32(27)46-6)40-48(7,44)45/h8-11,13,17-21,26,29-30,40H,12,14-16H2,1-7H3,(H2,36,37,43)/t21-,26-,29-,30+/m0/s1. The second-order valence-corrected chi connectivity index (χ2v) is 15.7. The van der Waals surface area contributed by atoms with Crippen molar-refractivity contribution in [3.63, 3.8) is 0 Å². The number of carbonyl (C=O) groups is 1. The first-order chi connectivity index (χ1) is 22.7. The molecular formula is C35H45N7O5S. The monoisotopic (exact) mass is 675 g/mol. The number of nitrogens with zero attached hydrogens (tertiary/aromatic N) is 4. The fourth-order valence-corrected chi connectivity index (χ4v) is 7.32. The number of carbonyl (C=O) groups excluding carboxylic acids is 1. The number of pyridine rings is 1. The predicted octanol–water partition coefficient (Wildman–Crippen LogP) is 6.34. The molecular weight excluding hydrogens is 630 g/mol. The van der Waals surface area contributed by atoms with Gasteiger partial charge in [0.15, 0.2) is 17.2 Å². The third-order valence-electron chi connectivity index (χ3n) is 9.47. The summed E-state index contributed by atoms with van der Waals surface area (Å²) in [6.07, 6.45) is 6.35. The van der Waals surface area contributed by atoms with Crippen LogP contribution in [-0.2, 0) is 15.4 Å². The third kappa shape index (κ3) is 6.93. The van der Waals surface area contributed by atoms with Crippen molar-refractivity contribution in [2.75, 3.05) is 30.5 Å². The number of rotatable bonds is 8. The lowest BCUT2D eigenvalue weighted by molar-refractivity contribution is 0.171. The second kappa shape index (κ2) is 12.9. The zero-order valence-corrected chi connectivity index (χ0v) is 29.4. The van der Waals surface area contributed by atoms with E-state index in [-0.39, 0.29) is 35.0 Å². The van der Waals surface area contributed by atoms with Gasteiger partial charge in [0, 0.05) is 6.04 Å². The Hall–Kier alpha value is -4.36. The molecule has 0 unspecified atom stereocenters. The van der Waals surface area contributed by atoms with Crippen LogP contribution in [0, 0.1) is 0 Å². The van der Waals surface area contributed by atoms with Crippen LogP contribution in [0.2, 0.25) is 0 Å². The number of methoxy groups -OCH3 is 1. The molecule has 3 heterocycles. The highest BCUT2D eigenvalue weighted by molar-refractivity contribution is 7.92. The number of likely N-dealkylation sites (tertiary alicyclic amines) is 1. The Kier molecular flexibility index (Phi) is 9.03. The molecule has 1 aliphatic carbocycles. The van der Waals surface area contributed by atoms with E-state index in [0.717, 1.165) is 53.0 Å². The van der Waals surface area contributed by atoms with Gasteiger partial charge in [-0.05, 0) is 86.0 Å². The lowest BCUT2D eigenvalue weighted by Gasteiger charge is -2.32. The van der Waals surface area contributed by atoms with Crippen molar-refractivity contribution in [1.82, 2.24) is 24.8 Å². The van der Waals surface area contributed by atoms with Crippen LogP contribution in [0.3, 0.4) is 0 Å². The largest absolute Gasteiger partial charge is 0.492 e. The van der Waals surface area contributed by atoms with E-state index in [0.29, 0.717) is 24.6 Å². The van der Waals surface area contributed by atoms with Gasteiger partial charge in [0.25, 0.3) is 0 Å². The molecule has 256 valence electrons. The van der Waals surface area contributed by atoms with Crippen LogP contribution >= 0.6 is 0 Å². The van der Waals surface area contributed by atoms with E-state index in [1.807, 2.05) is 73.8 Å². The summed E-state index contributed by atoms with van der Waals surface area (Å²) in [7, 11) is -0.0199. The number of ether oxygens (including phenoxy) is 2. The molecule has 2 amide bonds. The van der Waals surface area contributed by atoms with Crippen LogP contribution < -0.4 is 24.8 Å². The van der Waals surface area contributed by atoms with Crippen LogP contribution in [-0.4, -0.2) is 60.4 Å². The fraction of sp³-hybridized carbons (Fsp3) is 0.457. The van der Waals surface area contributed by atoms with Crippen LogP contribution in [0.4, 0.5) is 16.2 Å². The van der Waals surface area contributed by atoms with Crippen molar-refractivity contribution in [2.45, 2.75) is 83.0 Å². The fourth-order valence-electron chi connectivity index (χ4n) is 6.76. The zero-order chi connectivity index (χ0) is 34.4. The summed E-state index contributed by atoms with van der Waals surface area (Å²) < 4.78 is 41.0. The number of benzene rings is 2. The molecule has 2 aromatic carbocycles. The molecule has 13 heteroatoms. The summed E-state index contributed by atoms with van der Waals surface area (Å²) in [6.45, 7) is 8.27. The van der Waals surface area contributed by atoms with Crippen LogP contribution in [0.5, 0.6) is 11.5 Å². The Morgan fingerprint density at radius 2 is 1.71 bits per heavy atom. The number of hydrogen-bond donors (Lipinski definition) is 3. The minimum absolute atomic E-state index is 0.206. The van der Waals surface area contributed by atoms with Crippen LogP contribution in [0.1, 0.15) is 94.1 Å². The van der Waals surface area contributed by atoms with Gasteiger partial charge < -0.3 is 20.1 Å². The molecule has 0 radical (unpaired) electrons. The van der Waals surface area contributed by atoms with E-state index >= 15 is 0 Å². The summed E-state index contributed by atoms with van der Waals surface area (Å²) in [6, 6.07) is 15.4. The van der Waals surface area contributed by atoms with E-state index in [2.05, 4.69) is 44.4 Å². The Morgan fingerprint density at radius 3 is 2.38 bits per heavy atom. The van der Waals surface area contributed by atoms with E-state index in [1.54, 1.807) is 6.07 Å². The Labute approximate surface area is 282 Å². The molecule has 2 aromatic heterocycles. The van der Waals surface area contributed by atoms with Crippen molar-refractivity contribution >= 4 is 33.1 Å². The number of hydrogen-bond acceptors (Lipinski definition) is 8. The number of aromatic nitrogens is 3. The van der Waals surface area contributed by atoms with E-state index < -0.39 is 16.1 Å². The number of sulfonamides is 1. The predicted molar refractivity (Wildman–Crippen MR) is 186 cm³/mol. The SMILES string of the molecule is COc1c(NC(=O)N[C@H]2CC[C@@H](Oc3ccc4nnc([C@@H]5CC[C@H](C)N5C)n4c3)c3ccccc32)cc(C(C)(C)C)cc1NS(C)(=O)=O. The minimum atomic E-state index is -3.60. The maximum Gasteiger partial charge on any atom is 0.319 e. The molecule has 0 saturated carbocycles. The molecule has 3 N–H and O–H groups in total. The van der Waals surface area contributed by atoms with Gasteiger partial charge in [-0.3, -0.25) is 14.0 Å². The van der Waals surface area contributed by atoms with Crippen molar-refractivity contribution in [3.8, 4) is 11.5 Å². The van der Waals surface area contributed by atoms with E-state index in [9.17, 15) is 13.2 Å². The molecule has 12 nitrogen and oxygen atoms in total. The van der Waals surface area contributed by atoms with Crippen LogP contribution in [0.25, 0.3) is 5.65 Å². The Morgan fingerprint density at radius 1 is 0.979 bits per heavy atom.